The van der Waals surface area contributed by atoms with Gasteiger partial charge in [-0.05, 0) is 11.6 Å². The van der Waals surface area contributed by atoms with Gasteiger partial charge in [0, 0.05) is 42.1 Å². The molecule has 0 atom stereocenters. The highest BCUT2D eigenvalue weighted by Gasteiger charge is 2.38. The van der Waals surface area contributed by atoms with Crippen molar-refractivity contribution in [3.05, 3.63) is 72.2 Å². The van der Waals surface area contributed by atoms with E-state index in [2.05, 4.69) is 36.9 Å². The lowest BCUT2D eigenvalue weighted by Crippen LogP contribution is -2.37. The van der Waals surface area contributed by atoms with Crippen molar-refractivity contribution in [2.75, 3.05) is 11.9 Å². The molecule has 22 heavy (non-hydrogen) atoms. The molecule has 0 aliphatic carbocycles. The second kappa shape index (κ2) is 5.41. The molecular weight excluding hydrogens is 272 g/mol. The molecule has 0 saturated heterocycles. The molecule has 1 aliphatic heterocycles. The predicted molar refractivity (Wildman–Crippen MR) is 87.6 cm³/mol. The molecule has 3 heteroatoms. The topological polar surface area (TPSA) is 24.2 Å². The van der Waals surface area contributed by atoms with Gasteiger partial charge in [-0.1, -0.05) is 38.1 Å². The highest BCUT2D eigenvalue weighted by Crippen LogP contribution is 2.46. The Morgan fingerprint density at radius 1 is 1.14 bits per heavy atom. The van der Waals surface area contributed by atoms with Crippen LogP contribution in [0.2, 0.25) is 0 Å². The lowest BCUT2D eigenvalue weighted by molar-refractivity contribution is -0.683. The molecule has 2 aromatic rings. The van der Waals surface area contributed by atoms with E-state index in [0.29, 0.717) is 6.54 Å². The first-order chi connectivity index (χ1) is 10.5. The molecule has 0 amide bonds. The van der Waals surface area contributed by atoms with Crippen LogP contribution < -0.4 is 9.47 Å². The van der Waals surface area contributed by atoms with Gasteiger partial charge in [0.25, 0.3) is 0 Å². The van der Waals surface area contributed by atoms with Crippen molar-refractivity contribution in [2.45, 2.75) is 25.8 Å². The van der Waals surface area contributed by atoms with Crippen LogP contribution in [-0.4, -0.2) is 12.8 Å². The fraction of sp³-hybridized carbons (Fsp3) is 0.263. The second-order valence-corrected chi connectivity index (χ2v) is 6.24. The van der Waals surface area contributed by atoms with Crippen LogP contribution in [0, 0.1) is 0 Å². The Bertz CT molecular complexity index is 732. The summed E-state index contributed by atoms with van der Waals surface area (Å²) in [4.78, 5) is 14.6. The highest BCUT2D eigenvalue weighted by molar-refractivity contribution is 5.91. The maximum absolute atomic E-state index is 12.4. The van der Waals surface area contributed by atoms with Crippen molar-refractivity contribution >= 4 is 11.5 Å². The summed E-state index contributed by atoms with van der Waals surface area (Å²) in [5.74, 6) is 0.110. The van der Waals surface area contributed by atoms with Gasteiger partial charge < -0.3 is 4.90 Å². The number of likely N-dealkylation sites (N-methyl/N-ethyl adjacent to an activating group) is 1. The van der Waals surface area contributed by atoms with Crippen LogP contribution >= 0.6 is 0 Å². The molecule has 0 unspecified atom stereocenters. The molecule has 1 aliphatic rings. The Morgan fingerprint density at radius 3 is 2.50 bits per heavy atom. The first-order valence-corrected chi connectivity index (χ1v) is 7.52. The van der Waals surface area contributed by atoms with Crippen LogP contribution in [0.25, 0.3) is 0 Å². The van der Waals surface area contributed by atoms with E-state index in [0.717, 1.165) is 5.70 Å². The third-order valence-corrected chi connectivity index (χ3v) is 4.35. The molecule has 3 nitrogen and oxygen atoms in total. The Morgan fingerprint density at radius 2 is 1.82 bits per heavy atom. The minimum atomic E-state index is -0.150. The summed E-state index contributed by atoms with van der Waals surface area (Å²) < 4.78 is 1.90. The van der Waals surface area contributed by atoms with Gasteiger partial charge in [-0.25, -0.2) is 0 Å². The van der Waals surface area contributed by atoms with Crippen molar-refractivity contribution in [1.82, 2.24) is 0 Å². The standard InChI is InChI=1S/C19H21N2O/c1-19(2)16-9-5-6-10-17(16)20(3)18(19)13-15(22)14-21-11-7-4-8-12-21/h4-13H,14H2,1-3H3/q+1. The summed E-state index contributed by atoms with van der Waals surface area (Å²) in [6.07, 6.45) is 5.61. The van der Waals surface area contributed by atoms with E-state index in [9.17, 15) is 4.79 Å². The number of aromatic nitrogens is 1. The maximum Gasteiger partial charge on any atom is 0.222 e. The van der Waals surface area contributed by atoms with Gasteiger partial charge in [0.1, 0.15) is 0 Å². The van der Waals surface area contributed by atoms with E-state index in [1.807, 2.05) is 48.3 Å². The zero-order valence-corrected chi connectivity index (χ0v) is 13.3. The van der Waals surface area contributed by atoms with E-state index in [1.54, 1.807) is 6.08 Å². The molecule has 1 aromatic heterocycles. The third kappa shape index (κ3) is 2.43. The average molecular weight is 293 g/mol. The van der Waals surface area contributed by atoms with Crippen LogP contribution in [0.5, 0.6) is 0 Å². The van der Waals surface area contributed by atoms with Crippen LogP contribution in [0.15, 0.2) is 66.6 Å². The van der Waals surface area contributed by atoms with E-state index < -0.39 is 0 Å². The van der Waals surface area contributed by atoms with Crippen molar-refractivity contribution in [3.8, 4) is 0 Å². The largest absolute Gasteiger partial charge is 0.347 e. The number of carbonyl (C=O) groups excluding carboxylic acids is 1. The molecular formula is C19H21N2O+. The monoisotopic (exact) mass is 293 g/mol. The summed E-state index contributed by atoms with van der Waals surface area (Å²) in [7, 11) is 2.03. The van der Waals surface area contributed by atoms with Crippen LogP contribution in [0.4, 0.5) is 5.69 Å². The molecule has 3 rings (SSSR count). The SMILES string of the molecule is CN1C(=CC(=O)C[n+]2ccccc2)C(C)(C)c2ccccc21. The lowest BCUT2D eigenvalue weighted by Gasteiger charge is -2.23. The minimum absolute atomic E-state index is 0.110. The molecule has 0 bridgehead atoms. The molecule has 112 valence electrons. The van der Waals surface area contributed by atoms with Crippen LogP contribution in [-0.2, 0) is 16.8 Å². The number of rotatable bonds is 3. The molecule has 0 spiro atoms. The summed E-state index contributed by atoms with van der Waals surface area (Å²) >= 11 is 0. The highest BCUT2D eigenvalue weighted by atomic mass is 16.1. The molecule has 0 radical (unpaired) electrons. The van der Waals surface area contributed by atoms with Crippen molar-refractivity contribution in [1.29, 1.82) is 0 Å². The summed E-state index contributed by atoms with van der Waals surface area (Å²) in [6, 6.07) is 14.2. The smallest absolute Gasteiger partial charge is 0.222 e. The van der Waals surface area contributed by atoms with E-state index in [1.165, 1.54) is 11.3 Å². The Kier molecular flexibility index (Phi) is 3.57. The Hall–Kier alpha value is -2.42. The number of nitrogens with zero attached hydrogens (tertiary/aromatic N) is 2. The van der Waals surface area contributed by atoms with Crippen molar-refractivity contribution in [2.24, 2.45) is 0 Å². The van der Waals surface area contributed by atoms with Gasteiger partial charge in [0.2, 0.25) is 12.3 Å². The van der Waals surface area contributed by atoms with Gasteiger partial charge in [0.05, 0.1) is 0 Å². The Labute approximate surface area is 131 Å². The lowest BCUT2D eigenvalue weighted by atomic mass is 9.83. The Balaban J connectivity index is 1.90. The normalized spacial score (nSPS) is 17.6. The predicted octanol–water partition coefficient (Wildman–Crippen LogP) is 2.85. The van der Waals surface area contributed by atoms with E-state index >= 15 is 0 Å². The summed E-state index contributed by atoms with van der Waals surface area (Å²) in [5, 5.41) is 0. The number of anilines is 1. The minimum Gasteiger partial charge on any atom is -0.347 e. The number of hydrogen-bond donors (Lipinski definition) is 0. The fourth-order valence-corrected chi connectivity index (χ4v) is 3.18. The van der Waals surface area contributed by atoms with Crippen LogP contribution in [0.1, 0.15) is 19.4 Å². The average Bonchev–Trinajstić information content (AvgIpc) is 2.70. The van der Waals surface area contributed by atoms with Crippen molar-refractivity contribution < 1.29 is 9.36 Å². The number of ketones is 1. The fourth-order valence-electron chi connectivity index (χ4n) is 3.18. The molecule has 0 fully saturated rings. The number of para-hydroxylation sites is 1. The molecule has 2 heterocycles. The zero-order chi connectivity index (χ0) is 15.7. The van der Waals surface area contributed by atoms with Gasteiger partial charge in [-0.3, -0.25) is 4.79 Å². The number of carbonyl (C=O) groups is 1. The van der Waals surface area contributed by atoms with Gasteiger partial charge in [-0.2, -0.15) is 4.57 Å². The summed E-state index contributed by atoms with van der Waals surface area (Å²) in [5.41, 5.74) is 3.35. The second-order valence-electron chi connectivity index (χ2n) is 6.24. The number of benzene rings is 1. The first-order valence-electron chi connectivity index (χ1n) is 7.52. The van der Waals surface area contributed by atoms with Gasteiger partial charge in [-0.15, -0.1) is 0 Å². The third-order valence-electron chi connectivity index (χ3n) is 4.35. The van der Waals surface area contributed by atoms with E-state index in [4.69, 9.17) is 0 Å². The quantitative estimate of drug-likeness (QED) is 0.642. The number of hydrogen-bond acceptors (Lipinski definition) is 2. The van der Waals surface area contributed by atoms with Crippen molar-refractivity contribution in [3.63, 3.8) is 0 Å². The zero-order valence-electron chi connectivity index (χ0n) is 13.3. The van der Waals surface area contributed by atoms with Gasteiger partial charge >= 0.3 is 0 Å². The molecule has 1 aromatic carbocycles. The maximum atomic E-state index is 12.4. The molecule has 0 saturated carbocycles. The van der Waals surface area contributed by atoms with E-state index in [-0.39, 0.29) is 11.2 Å². The van der Waals surface area contributed by atoms with Crippen LogP contribution in [0.3, 0.4) is 0 Å². The molecule has 0 N–H and O–H groups in total. The number of allylic oxidation sites excluding steroid dienone is 2. The first kappa shape index (κ1) is 14.5. The number of fused-ring (bicyclic) bond motifs is 1. The number of pyridine rings is 1. The van der Waals surface area contributed by atoms with Gasteiger partial charge in [0.15, 0.2) is 12.4 Å². The summed E-state index contributed by atoms with van der Waals surface area (Å²) in [6.45, 7) is 4.71.